The fraction of sp³-hybridized carbons (Fsp3) is 0.308. The first kappa shape index (κ1) is 16.2. The SMILES string of the molecule is CC(C)c1nnc(NC(=O)c2ccc(OC(F)(F)F)cc2)s1. The molecule has 2 rings (SSSR count). The number of ether oxygens (including phenoxy) is 1. The van der Waals surface area contributed by atoms with E-state index in [9.17, 15) is 18.0 Å². The first-order valence-electron chi connectivity index (χ1n) is 6.25. The minimum absolute atomic E-state index is 0.191. The Bertz CT molecular complexity index is 653. The molecule has 0 atom stereocenters. The van der Waals surface area contributed by atoms with Gasteiger partial charge >= 0.3 is 6.36 Å². The third kappa shape index (κ3) is 4.42. The van der Waals surface area contributed by atoms with Crippen LogP contribution in [0.1, 0.15) is 35.1 Å². The van der Waals surface area contributed by atoms with Crippen LogP contribution in [0.4, 0.5) is 18.3 Å². The maximum Gasteiger partial charge on any atom is 0.573 e. The topological polar surface area (TPSA) is 64.1 Å². The molecule has 22 heavy (non-hydrogen) atoms. The third-order valence-electron chi connectivity index (χ3n) is 2.51. The zero-order valence-electron chi connectivity index (χ0n) is 11.6. The average molecular weight is 331 g/mol. The monoisotopic (exact) mass is 331 g/mol. The van der Waals surface area contributed by atoms with Crippen LogP contribution < -0.4 is 10.1 Å². The smallest absolute Gasteiger partial charge is 0.406 e. The molecule has 5 nitrogen and oxygen atoms in total. The van der Waals surface area contributed by atoms with Gasteiger partial charge in [0.25, 0.3) is 5.91 Å². The number of hydrogen-bond acceptors (Lipinski definition) is 5. The van der Waals surface area contributed by atoms with Gasteiger partial charge in [0.1, 0.15) is 10.8 Å². The second kappa shape index (κ2) is 6.30. The highest BCUT2D eigenvalue weighted by Crippen LogP contribution is 2.24. The van der Waals surface area contributed by atoms with Crippen molar-refractivity contribution in [2.75, 3.05) is 5.32 Å². The van der Waals surface area contributed by atoms with Crippen LogP contribution >= 0.6 is 11.3 Å². The van der Waals surface area contributed by atoms with Crippen molar-refractivity contribution < 1.29 is 22.7 Å². The van der Waals surface area contributed by atoms with Crippen LogP contribution in [0.5, 0.6) is 5.75 Å². The van der Waals surface area contributed by atoms with E-state index >= 15 is 0 Å². The highest BCUT2D eigenvalue weighted by Gasteiger charge is 2.31. The van der Waals surface area contributed by atoms with Crippen molar-refractivity contribution in [1.29, 1.82) is 0 Å². The van der Waals surface area contributed by atoms with E-state index in [0.717, 1.165) is 17.1 Å². The lowest BCUT2D eigenvalue weighted by Gasteiger charge is -2.08. The summed E-state index contributed by atoms with van der Waals surface area (Å²) in [6, 6.07) is 4.62. The van der Waals surface area contributed by atoms with E-state index in [1.165, 1.54) is 23.5 Å². The van der Waals surface area contributed by atoms with E-state index in [0.29, 0.717) is 5.13 Å². The number of alkyl halides is 3. The molecule has 0 aliphatic heterocycles. The predicted octanol–water partition coefficient (Wildman–Crippen LogP) is 3.81. The first-order valence-corrected chi connectivity index (χ1v) is 7.07. The largest absolute Gasteiger partial charge is 0.573 e. The van der Waals surface area contributed by atoms with Crippen LogP contribution in [0.15, 0.2) is 24.3 Å². The number of amides is 1. The Morgan fingerprint density at radius 3 is 2.36 bits per heavy atom. The molecule has 0 saturated carbocycles. The van der Waals surface area contributed by atoms with Crippen molar-refractivity contribution >= 4 is 22.4 Å². The van der Waals surface area contributed by atoms with Crippen LogP contribution in [0, 0.1) is 0 Å². The van der Waals surface area contributed by atoms with Gasteiger partial charge in [-0.1, -0.05) is 25.2 Å². The summed E-state index contributed by atoms with van der Waals surface area (Å²) in [6.45, 7) is 3.90. The van der Waals surface area contributed by atoms with Crippen LogP contribution in [0.25, 0.3) is 0 Å². The summed E-state index contributed by atoms with van der Waals surface area (Å²) in [7, 11) is 0. The van der Waals surface area contributed by atoms with Crippen molar-refractivity contribution in [2.45, 2.75) is 26.1 Å². The molecule has 1 N–H and O–H groups in total. The normalized spacial score (nSPS) is 11.5. The van der Waals surface area contributed by atoms with Gasteiger partial charge in [-0.2, -0.15) is 0 Å². The van der Waals surface area contributed by atoms with Gasteiger partial charge in [0.05, 0.1) is 0 Å². The number of benzene rings is 1. The Hall–Kier alpha value is -2.16. The molecule has 1 aromatic heterocycles. The minimum atomic E-state index is -4.76. The van der Waals surface area contributed by atoms with E-state index < -0.39 is 12.3 Å². The highest BCUT2D eigenvalue weighted by molar-refractivity contribution is 7.15. The molecule has 0 saturated heterocycles. The molecule has 0 aliphatic carbocycles. The Balaban J connectivity index is 2.03. The van der Waals surface area contributed by atoms with Gasteiger partial charge in [-0.05, 0) is 24.3 Å². The second-order valence-electron chi connectivity index (χ2n) is 4.63. The Labute approximate surface area is 128 Å². The second-order valence-corrected chi connectivity index (χ2v) is 5.64. The molecule has 0 spiro atoms. The van der Waals surface area contributed by atoms with E-state index in [1.54, 1.807) is 0 Å². The van der Waals surface area contributed by atoms with Gasteiger partial charge in [0.2, 0.25) is 5.13 Å². The van der Waals surface area contributed by atoms with E-state index in [4.69, 9.17) is 0 Å². The molecule has 2 aromatic rings. The predicted molar refractivity (Wildman–Crippen MR) is 75.1 cm³/mol. The maximum absolute atomic E-state index is 12.0. The molecular weight excluding hydrogens is 319 g/mol. The van der Waals surface area contributed by atoms with Gasteiger partial charge in [-0.3, -0.25) is 10.1 Å². The van der Waals surface area contributed by atoms with Crippen molar-refractivity contribution in [3.63, 3.8) is 0 Å². The van der Waals surface area contributed by atoms with Gasteiger partial charge in [-0.25, -0.2) is 0 Å². The fourth-order valence-corrected chi connectivity index (χ4v) is 2.24. The molecule has 1 amide bonds. The van der Waals surface area contributed by atoms with Crippen molar-refractivity contribution in [1.82, 2.24) is 10.2 Å². The summed E-state index contributed by atoms with van der Waals surface area (Å²) >= 11 is 1.25. The lowest BCUT2D eigenvalue weighted by molar-refractivity contribution is -0.274. The van der Waals surface area contributed by atoms with Crippen molar-refractivity contribution in [3.05, 3.63) is 34.8 Å². The molecule has 0 radical (unpaired) electrons. The summed E-state index contributed by atoms with van der Waals surface area (Å²) in [4.78, 5) is 12.0. The summed E-state index contributed by atoms with van der Waals surface area (Å²) in [6.07, 6.45) is -4.76. The lowest BCUT2D eigenvalue weighted by Crippen LogP contribution is -2.17. The molecule has 0 fully saturated rings. The van der Waals surface area contributed by atoms with E-state index in [2.05, 4.69) is 20.3 Å². The summed E-state index contributed by atoms with van der Waals surface area (Å²) in [5.41, 5.74) is 0.191. The zero-order valence-corrected chi connectivity index (χ0v) is 12.5. The molecule has 0 bridgehead atoms. The van der Waals surface area contributed by atoms with Gasteiger partial charge in [0.15, 0.2) is 0 Å². The van der Waals surface area contributed by atoms with Crippen LogP contribution in [-0.4, -0.2) is 22.5 Å². The summed E-state index contributed by atoms with van der Waals surface area (Å²) < 4.78 is 39.9. The van der Waals surface area contributed by atoms with Crippen LogP contribution in [0.2, 0.25) is 0 Å². The molecule has 1 aromatic carbocycles. The van der Waals surface area contributed by atoms with Crippen LogP contribution in [0.3, 0.4) is 0 Å². The quantitative estimate of drug-likeness (QED) is 0.925. The highest BCUT2D eigenvalue weighted by atomic mass is 32.1. The maximum atomic E-state index is 12.0. The summed E-state index contributed by atoms with van der Waals surface area (Å²) in [5, 5.41) is 11.4. The molecule has 9 heteroatoms. The van der Waals surface area contributed by atoms with Gasteiger partial charge in [-0.15, -0.1) is 23.4 Å². The Kier molecular flexibility index (Phi) is 4.65. The van der Waals surface area contributed by atoms with Crippen LogP contribution in [-0.2, 0) is 0 Å². The van der Waals surface area contributed by atoms with Gasteiger partial charge < -0.3 is 4.74 Å². The van der Waals surface area contributed by atoms with Crippen molar-refractivity contribution in [3.8, 4) is 5.75 Å². The number of nitrogens with one attached hydrogen (secondary N) is 1. The Morgan fingerprint density at radius 2 is 1.86 bits per heavy atom. The number of carbonyl (C=O) groups is 1. The summed E-state index contributed by atoms with van der Waals surface area (Å²) in [5.74, 6) is -0.672. The number of nitrogens with zero attached hydrogens (tertiary/aromatic N) is 2. The van der Waals surface area contributed by atoms with Crippen molar-refractivity contribution in [2.24, 2.45) is 0 Å². The molecular formula is C13H12F3N3O2S. The number of hydrogen-bond donors (Lipinski definition) is 1. The molecule has 1 heterocycles. The van der Waals surface area contributed by atoms with E-state index in [-0.39, 0.29) is 17.2 Å². The van der Waals surface area contributed by atoms with Gasteiger partial charge in [0, 0.05) is 11.5 Å². The number of carbonyl (C=O) groups excluding carboxylic acids is 1. The third-order valence-corrected chi connectivity index (χ3v) is 3.64. The lowest BCUT2D eigenvalue weighted by atomic mass is 10.2. The standard InChI is InChI=1S/C13H12F3N3O2S/c1-7(2)11-18-19-12(22-11)17-10(20)8-3-5-9(6-4-8)21-13(14,15)16/h3-7H,1-2H3,(H,17,19,20). The Morgan fingerprint density at radius 1 is 1.23 bits per heavy atom. The zero-order chi connectivity index (χ0) is 16.3. The fourth-order valence-electron chi connectivity index (χ4n) is 1.50. The molecule has 0 aliphatic rings. The number of halogens is 3. The first-order chi connectivity index (χ1) is 10.2. The molecule has 118 valence electrons. The minimum Gasteiger partial charge on any atom is -0.406 e. The number of anilines is 1. The number of aromatic nitrogens is 2. The number of rotatable bonds is 4. The molecule has 0 unspecified atom stereocenters. The average Bonchev–Trinajstić information content (AvgIpc) is 2.86. The van der Waals surface area contributed by atoms with E-state index in [1.807, 2.05) is 13.8 Å².